The predicted octanol–water partition coefficient (Wildman–Crippen LogP) is 1.31. The summed E-state index contributed by atoms with van der Waals surface area (Å²) < 4.78 is 0. The lowest BCUT2D eigenvalue weighted by molar-refractivity contribution is -0.124. The van der Waals surface area contributed by atoms with Crippen LogP contribution < -0.4 is 5.32 Å². The molecule has 0 aromatic carbocycles. The highest BCUT2D eigenvalue weighted by atomic mass is 16.3. The maximum Gasteiger partial charge on any atom is 0.222 e. The summed E-state index contributed by atoms with van der Waals surface area (Å²) in [6, 6.07) is 0. The van der Waals surface area contributed by atoms with E-state index >= 15 is 0 Å². The maximum absolute atomic E-state index is 11.3. The summed E-state index contributed by atoms with van der Waals surface area (Å²) in [6.07, 6.45) is 4.02. The molecule has 0 aromatic heterocycles. The first kappa shape index (κ1) is 11.5. The van der Waals surface area contributed by atoms with Crippen LogP contribution in [0, 0.1) is 11.8 Å². The number of carbonyl (C=O) groups is 1. The highest BCUT2D eigenvalue weighted by Crippen LogP contribution is 2.23. The van der Waals surface area contributed by atoms with Gasteiger partial charge in [-0.25, -0.2) is 0 Å². The average Bonchev–Trinajstić information content (AvgIpc) is 2.16. The van der Waals surface area contributed by atoms with E-state index in [0.29, 0.717) is 6.54 Å². The maximum atomic E-state index is 11.3. The predicted molar refractivity (Wildman–Crippen MR) is 55.8 cm³/mol. The summed E-state index contributed by atoms with van der Waals surface area (Å²) in [5, 5.41) is 12.6. The van der Waals surface area contributed by atoms with Gasteiger partial charge in [0, 0.05) is 18.4 Å². The van der Waals surface area contributed by atoms with Crippen LogP contribution in [0.2, 0.25) is 0 Å². The SMILES string of the molecule is CC(C)C(=O)NC[C@@H]1CCCC[C@@H]1O. The smallest absolute Gasteiger partial charge is 0.222 e. The molecule has 1 saturated carbocycles. The Morgan fingerprint density at radius 3 is 2.64 bits per heavy atom. The molecule has 0 saturated heterocycles. The topological polar surface area (TPSA) is 49.3 Å². The summed E-state index contributed by atoms with van der Waals surface area (Å²) in [5.41, 5.74) is 0. The van der Waals surface area contributed by atoms with Crippen LogP contribution in [-0.2, 0) is 4.79 Å². The van der Waals surface area contributed by atoms with E-state index in [2.05, 4.69) is 5.32 Å². The van der Waals surface area contributed by atoms with Crippen LogP contribution in [0.1, 0.15) is 39.5 Å². The summed E-state index contributed by atoms with van der Waals surface area (Å²) in [7, 11) is 0. The summed E-state index contributed by atoms with van der Waals surface area (Å²) >= 11 is 0. The summed E-state index contributed by atoms with van der Waals surface area (Å²) in [4.78, 5) is 11.3. The van der Waals surface area contributed by atoms with Crippen molar-refractivity contribution in [2.24, 2.45) is 11.8 Å². The zero-order valence-corrected chi connectivity index (χ0v) is 9.12. The molecular formula is C11H21NO2. The van der Waals surface area contributed by atoms with Crippen molar-refractivity contribution in [1.82, 2.24) is 5.32 Å². The van der Waals surface area contributed by atoms with Crippen LogP contribution >= 0.6 is 0 Å². The fourth-order valence-electron chi connectivity index (χ4n) is 1.86. The lowest BCUT2D eigenvalue weighted by Crippen LogP contribution is -2.38. The molecule has 1 rings (SSSR count). The van der Waals surface area contributed by atoms with Gasteiger partial charge >= 0.3 is 0 Å². The lowest BCUT2D eigenvalue weighted by Gasteiger charge is -2.27. The van der Waals surface area contributed by atoms with Crippen molar-refractivity contribution in [3.8, 4) is 0 Å². The molecule has 1 fully saturated rings. The highest BCUT2D eigenvalue weighted by Gasteiger charge is 2.23. The highest BCUT2D eigenvalue weighted by molar-refractivity contribution is 5.77. The van der Waals surface area contributed by atoms with E-state index in [1.807, 2.05) is 13.8 Å². The number of amides is 1. The molecule has 1 amide bonds. The molecule has 3 heteroatoms. The molecular weight excluding hydrogens is 178 g/mol. The van der Waals surface area contributed by atoms with Gasteiger partial charge in [-0.3, -0.25) is 4.79 Å². The molecule has 0 aromatic rings. The number of aliphatic hydroxyl groups is 1. The van der Waals surface area contributed by atoms with Crippen molar-refractivity contribution >= 4 is 5.91 Å². The molecule has 1 aliphatic rings. The second-order valence-electron chi connectivity index (χ2n) is 4.51. The molecule has 2 N–H and O–H groups in total. The number of nitrogens with one attached hydrogen (secondary N) is 1. The first-order valence-electron chi connectivity index (χ1n) is 5.57. The normalized spacial score (nSPS) is 27.7. The number of aliphatic hydroxyl groups excluding tert-OH is 1. The van der Waals surface area contributed by atoms with Gasteiger partial charge in [0.1, 0.15) is 0 Å². The Morgan fingerprint density at radius 1 is 1.43 bits per heavy atom. The second-order valence-corrected chi connectivity index (χ2v) is 4.51. The molecule has 14 heavy (non-hydrogen) atoms. The Hall–Kier alpha value is -0.570. The first-order valence-corrected chi connectivity index (χ1v) is 5.57. The van der Waals surface area contributed by atoms with Crippen LogP contribution in [0.4, 0.5) is 0 Å². The monoisotopic (exact) mass is 199 g/mol. The van der Waals surface area contributed by atoms with Gasteiger partial charge in [-0.15, -0.1) is 0 Å². The minimum Gasteiger partial charge on any atom is -0.393 e. The van der Waals surface area contributed by atoms with Crippen molar-refractivity contribution < 1.29 is 9.90 Å². The van der Waals surface area contributed by atoms with Crippen LogP contribution in [-0.4, -0.2) is 23.7 Å². The van der Waals surface area contributed by atoms with E-state index in [1.165, 1.54) is 6.42 Å². The molecule has 0 spiro atoms. The quantitative estimate of drug-likeness (QED) is 0.720. The van der Waals surface area contributed by atoms with Crippen LogP contribution in [0.15, 0.2) is 0 Å². The van der Waals surface area contributed by atoms with Gasteiger partial charge in [-0.05, 0) is 12.8 Å². The van der Waals surface area contributed by atoms with Crippen LogP contribution in [0.25, 0.3) is 0 Å². The van der Waals surface area contributed by atoms with Gasteiger partial charge in [0.2, 0.25) is 5.91 Å². The van der Waals surface area contributed by atoms with E-state index in [-0.39, 0.29) is 23.8 Å². The van der Waals surface area contributed by atoms with E-state index in [1.54, 1.807) is 0 Å². The van der Waals surface area contributed by atoms with Crippen molar-refractivity contribution in [2.45, 2.75) is 45.6 Å². The van der Waals surface area contributed by atoms with Crippen LogP contribution in [0.5, 0.6) is 0 Å². The lowest BCUT2D eigenvalue weighted by atomic mass is 9.86. The number of rotatable bonds is 3. The third-order valence-electron chi connectivity index (χ3n) is 2.93. The second kappa shape index (κ2) is 5.35. The van der Waals surface area contributed by atoms with Gasteiger partial charge in [0.25, 0.3) is 0 Å². The van der Waals surface area contributed by atoms with E-state index in [9.17, 15) is 9.90 Å². The minimum atomic E-state index is -0.212. The zero-order chi connectivity index (χ0) is 10.6. The summed E-state index contributed by atoms with van der Waals surface area (Å²) in [6.45, 7) is 4.40. The zero-order valence-electron chi connectivity index (χ0n) is 9.12. The fourth-order valence-corrected chi connectivity index (χ4v) is 1.86. The molecule has 1 aliphatic carbocycles. The average molecular weight is 199 g/mol. The fraction of sp³-hybridized carbons (Fsp3) is 0.909. The van der Waals surface area contributed by atoms with Crippen molar-refractivity contribution in [3.05, 3.63) is 0 Å². The number of carbonyl (C=O) groups excluding carboxylic acids is 1. The summed E-state index contributed by atoms with van der Waals surface area (Å²) in [5.74, 6) is 0.393. The molecule has 0 bridgehead atoms. The van der Waals surface area contributed by atoms with Crippen molar-refractivity contribution in [3.63, 3.8) is 0 Å². The van der Waals surface area contributed by atoms with E-state index in [0.717, 1.165) is 19.3 Å². The van der Waals surface area contributed by atoms with Gasteiger partial charge in [0.05, 0.1) is 6.10 Å². The van der Waals surface area contributed by atoms with Gasteiger partial charge in [0.15, 0.2) is 0 Å². The molecule has 0 radical (unpaired) electrons. The molecule has 82 valence electrons. The Labute approximate surface area is 85.9 Å². The largest absolute Gasteiger partial charge is 0.393 e. The van der Waals surface area contributed by atoms with Crippen LogP contribution in [0.3, 0.4) is 0 Å². The first-order chi connectivity index (χ1) is 6.61. The Bertz CT molecular complexity index is 192. The Kier molecular flexibility index (Phi) is 4.39. The van der Waals surface area contributed by atoms with Gasteiger partial charge < -0.3 is 10.4 Å². The number of hydrogen-bond acceptors (Lipinski definition) is 2. The standard InChI is InChI=1S/C11H21NO2/c1-8(2)11(14)12-7-9-5-3-4-6-10(9)13/h8-10,13H,3-7H2,1-2H3,(H,12,14)/t9-,10-/m0/s1. The van der Waals surface area contributed by atoms with Crippen molar-refractivity contribution in [1.29, 1.82) is 0 Å². The van der Waals surface area contributed by atoms with E-state index < -0.39 is 0 Å². The Morgan fingerprint density at radius 2 is 2.07 bits per heavy atom. The minimum absolute atomic E-state index is 0.0377. The molecule has 0 heterocycles. The molecule has 3 nitrogen and oxygen atoms in total. The molecule has 0 aliphatic heterocycles. The van der Waals surface area contributed by atoms with Gasteiger partial charge in [-0.2, -0.15) is 0 Å². The third kappa shape index (κ3) is 3.29. The van der Waals surface area contributed by atoms with Gasteiger partial charge in [-0.1, -0.05) is 26.7 Å². The van der Waals surface area contributed by atoms with Crippen molar-refractivity contribution in [2.75, 3.05) is 6.54 Å². The van der Waals surface area contributed by atoms with E-state index in [4.69, 9.17) is 0 Å². The molecule has 0 unspecified atom stereocenters. The third-order valence-corrected chi connectivity index (χ3v) is 2.93. The molecule has 2 atom stereocenters. The number of hydrogen-bond donors (Lipinski definition) is 2. The Balaban J connectivity index is 2.26.